The molecule has 1 unspecified atom stereocenters. The van der Waals surface area contributed by atoms with Gasteiger partial charge in [-0.2, -0.15) is 0 Å². The molecule has 0 amide bonds. The summed E-state index contributed by atoms with van der Waals surface area (Å²) < 4.78 is 5.83. The molecule has 0 aliphatic carbocycles. The zero-order valence-electron chi connectivity index (χ0n) is 8.71. The third kappa shape index (κ3) is 2.23. The molecule has 1 aromatic heterocycles. The van der Waals surface area contributed by atoms with Crippen molar-refractivity contribution in [3.63, 3.8) is 0 Å². The van der Waals surface area contributed by atoms with E-state index in [0.717, 1.165) is 36.6 Å². The second-order valence-corrected chi connectivity index (χ2v) is 3.82. The highest BCUT2D eigenvalue weighted by atomic mass is 16.5. The first-order valence-electron chi connectivity index (χ1n) is 5.07. The van der Waals surface area contributed by atoms with Crippen LogP contribution >= 0.6 is 0 Å². The predicted molar refractivity (Wildman–Crippen MR) is 55.6 cm³/mol. The largest absolute Gasteiger partial charge is 0.489 e. The van der Waals surface area contributed by atoms with Gasteiger partial charge < -0.3 is 10.1 Å². The third-order valence-electron chi connectivity index (χ3n) is 2.37. The van der Waals surface area contributed by atoms with Crippen LogP contribution < -0.4 is 10.1 Å². The fraction of sp³-hybridized carbons (Fsp3) is 0.545. The number of ether oxygens (including phenoxy) is 1. The van der Waals surface area contributed by atoms with Crippen LogP contribution in [-0.2, 0) is 0 Å². The zero-order chi connectivity index (χ0) is 9.97. The molecule has 76 valence electrons. The van der Waals surface area contributed by atoms with E-state index in [2.05, 4.69) is 10.3 Å². The van der Waals surface area contributed by atoms with Crippen LogP contribution in [0.25, 0.3) is 0 Å². The number of hydrogen-bond donors (Lipinski definition) is 1. The number of aromatic nitrogens is 1. The molecule has 1 aliphatic rings. The Labute approximate surface area is 84.5 Å². The van der Waals surface area contributed by atoms with Gasteiger partial charge >= 0.3 is 0 Å². The molecular weight excluding hydrogens is 176 g/mol. The van der Waals surface area contributed by atoms with E-state index < -0.39 is 0 Å². The van der Waals surface area contributed by atoms with Crippen molar-refractivity contribution in [3.05, 3.63) is 23.5 Å². The molecule has 0 spiro atoms. The van der Waals surface area contributed by atoms with E-state index in [0.29, 0.717) is 6.10 Å². The van der Waals surface area contributed by atoms with Gasteiger partial charge in [0.15, 0.2) is 0 Å². The molecule has 1 aromatic rings. The van der Waals surface area contributed by atoms with Crippen molar-refractivity contribution < 1.29 is 4.74 Å². The van der Waals surface area contributed by atoms with Crippen molar-refractivity contribution in [1.29, 1.82) is 0 Å². The van der Waals surface area contributed by atoms with E-state index in [1.165, 1.54) is 0 Å². The van der Waals surface area contributed by atoms with E-state index >= 15 is 0 Å². The van der Waals surface area contributed by atoms with Crippen LogP contribution in [0.4, 0.5) is 0 Å². The van der Waals surface area contributed by atoms with Gasteiger partial charge in [-0.15, -0.1) is 0 Å². The lowest BCUT2D eigenvalue weighted by Crippen LogP contribution is -2.19. The Morgan fingerprint density at radius 2 is 2.07 bits per heavy atom. The summed E-state index contributed by atoms with van der Waals surface area (Å²) in [5.41, 5.74) is 2.04. The van der Waals surface area contributed by atoms with Crippen LogP contribution in [0.1, 0.15) is 17.8 Å². The first kappa shape index (κ1) is 9.46. The molecule has 1 saturated heterocycles. The number of hydrogen-bond acceptors (Lipinski definition) is 3. The molecule has 0 saturated carbocycles. The van der Waals surface area contributed by atoms with E-state index in [1.807, 2.05) is 26.0 Å². The molecule has 0 radical (unpaired) electrons. The maximum absolute atomic E-state index is 5.83. The Bertz CT molecular complexity index is 299. The molecule has 3 heteroatoms. The lowest BCUT2D eigenvalue weighted by Gasteiger charge is -2.13. The lowest BCUT2D eigenvalue weighted by atomic mass is 10.3. The summed E-state index contributed by atoms with van der Waals surface area (Å²) in [7, 11) is 0. The number of nitrogens with one attached hydrogen (secondary N) is 1. The molecule has 1 N–H and O–H groups in total. The van der Waals surface area contributed by atoms with Gasteiger partial charge in [-0.3, -0.25) is 4.98 Å². The molecule has 1 atom stereocenters. The van der Waals surface area contributed by atoms with E-state index in [1.54, 1.807) is 0 Å². The summed E-state index contributed by atoms with van der Waals surface area (Å²) in [6, 6.07) is 3.98. The molecular formula is C11H16N2O. The van der Waals surface area contributed by atoms with Crippen molar-refractivity contribution in [1.82, 2.24) is 10.3 Å². The Kier molecular flexibility index (Phi) is 2.68. The van der Waals surface area contributed by atoms with E-state index in [4.69, 9.17) is 4.74 Å². The second kappa shape index (κ2) is 3.96. The molecule has 3 nitrogen and oxygen atoms in total. The highest BCUT2D eigenvalue weighted by molar-refractivity contribution is 5.26. The summed E-state index contributed by atoms with van der Waals surface area (Å²) in [6.45, 7) is 6.01. The van der Waals surface area contributed by atoms with Crippen LogP contribution in [0.5, 0.6) is 5.75 Å². The van der Waals surface area contributed by atoms with Crippen molar-refractivity contribution in [3.8, 4) is 5.75 Å². The quantitative estimate of drug-likeness (QED) is 0.770. The van der Waals surface area contributed by atoms with Crippen molar-refractivity contribution >= 4 is 0 Å². The maximum atomic E-state index is 5.83. The van der Waals surface area contributed by atoms with Gasteiger partial charge in [0.05, 0.1) is 0 Å². The Morgan fingerprint density at radius 1 is 1.36 bits per heavy atom. The molecule has 1 aliphatic heterocycles. The molecule has 0 bridgehead atoms. The number of nitrogens with zero attached hydrogens (tertiary/aromatic N) is 1. The minimum absolute atomic E-state index is 0.330. The Balaban J connectivity index is 2.07. The SMILES string of the molecule is Cc1cc(OC2CCNC2)cc(C)n1. The minimum Gasteiger partial charge on any atom is -0.489 e. The van der Waals surface area contributed by atoms with Crippen LogP contribution in [0.2, 0.25) is 0 Å². The highest BCUT2D eigenvalue weighted by Gasteiger charge is 2.15. The van der Waals surface area contributed by atoms with Gasteiger partial charge in [0.2, 0.25) is 0 Å². The second-order valence-electron chi connectivity index (χ2n) is 3.82. The summed E-state index contributed by atoms with van der Waals surface area (Å²) in [5, 5.41) is 3.28. The predicted octanol–water partition coefficient (Wildman–Crippen LogP) is 1.44. The van der Waals surface area contributed by atoms with Gasteiger partial charge in [0.25, 0.3) is 0 Å². The van der Waals surface area contributed by atoms with Crippen LogP contribution in [0.15, 0.2) is 12.1 Å². The molecule has 0 aromatic carbocycles. The first-order chi connectivity index (χ1) is 6.74. The molecule has 2 rings (SSSR count). The third-order valence-corrected chi connectivity index (χ3v) is 2.37. The van der Waals surface area contributed by atoms with Crippen LogP contribution in [0.3, 0.4) is 0 Å². The maximum Gasteiger partial charge on any atom is 0.123 e. The molecule has 14 heavy (non-hydrogen) atoms. The normalized spacial score (nSPS) is 21.1. The summed E-state index contributed by atoms with van der Waals surface area (Å²) in [5.74, 6) is 0.948. The smallest absolute Gasteiger partial charge is 0.123 e. The van der Waals surface area contributed by atoms with Gasteiger partial charge in [-0.05, 0) is 26.8 Å². The topological polar surface area (TPSA) is 34.1 Å². The monoisotopic (exact) mass is 192 g/mol. The van der Waals surface area contributed by atoms with Crippen molar-refractivity contribution in [2.45, 2.75) is 26.4 Å². The summed E-state index contributed by atoms with van der Waals surface area (Å²) in [4.78, 5) is 4.31. The number of aryl methyl sites for hydroxylation is 2. The average Bonchev–Trinajstić information content (AvgIpc) is 2.54. The summed E-state index contributed by atoms with van der Waals surface area (Å²) >= 11 is 0. The van der Waals surface area contributed by atoms with Crippen LogP contribution in [0, 0.1) is 13.8 Å². The summed E-state index contributed by atoms with van der Waals surface area (Å²) in [6.07, 6.45) is 1.43. The zero-order valence-corrected chi connectivity index (χ0v) is 8.71. The minimum atomic E-state index is 0.330. The Hall–Kier alpha value is -1.09. The Morgan fingerprint density at radius 3 is 2.64 bits per heavy atom. The standard InChI is InChI=1S/C11H16N2O/c1-8-5-11(6-9(2)13-8)14-10-3-4-12-7-10/h5-6,10,12H,3-4,7H2,1-2H3. The van der Waals surface area contributed by atoms with Gasteiger partial charge in [0.1, 0.15) is 11.9 Å². The van der Waals surface area contributed by atoms with Gasteiger partial charge in [0, 0.05) is 30.1 Å². The first-order valence-corrected chi connectivity index (χ1v) is 5.07. The van der Waals surface area contributed by atoms with Gasteiger partial charge in [-0.25, -0.2) is 0 Å². The molecule has 1 fully saturated rings. The van der Waals surface area contributed by atoms with Gasteiger partial charge in [-0.1, -0.05) is 0 Å². The molecule has 2 heterocycles. The van der Waals surface area contributed by atoms with Crippen LogP contribution in [-0.4, -0.2) is 24.2 Å². The fourth-order valence-corrected chi connectivity index (χ4v) is 1.79. The average molecular weight is 192 g/mol. The highest BCUT2D eigenvalue weighted by Crippen LogP contribution is 2.17. The van der Waals surface area contributed by atoms with E-state index in [9.17, 15) is 0 Å². The van der Waals surface area contributed by atoms with E-state index in [-0.39, 0.29) is 0 Å². The number of rotatable bonds is 2. The fourth-order valence-electron chi connectivity index (χ4n) is 1.79. The van der Waals surface area contributed by atoms with Crippen molar-refractivity contribution in [2.24, 2.45) is 0 Å². The lowest BCUT2D eigenvalue weighted by molar-refractivity contribution is 0.222. The number of pyridine rings is 1. The van der Waals surface area contributed by atoms with Crippen molar-refractivity contribution in [2.75, 3.05) is 13.1 Å².